The Bertz CT molecular complexity index is 656. The average Bonchev–Trinajstić information content (AvgIpc) is 2.44. The fraction of sp³-hybridized carbons (Fsp3) is 0.286. The van der Waals surface area contributed by atoms with Crippen LogP contribution in [0.1, 0.15) is 18.2 Å². The third kappa shape index (κ3) is 4.95. The summed E-state index contributed by atoms with van der Waals surface area (Å²) in [6, 6.07) is 6.94. The molecule has 1 aromatic heterocycles. The van der Waals surface area contributed by atoms with E-state index in [0.29, 0.717) is 21.0 Å². The smallest absolute Gasteiger partial charge is 0.251 e. The van der Waals surface area contributed by atoms with Crippen molar-refractivity contribution in [3.05, 3.63) is 55.9 Å². The summed E-state index contributed by atoms with van der Waals surface area (Å²) in [6.07, 6.45) is 0. The number of benzene rings is 1. The molecule has 1 N–H and O–H groups in total. The van der Waals surface area contributed by atoms with E-state index < -0.39 is 0 Å². The number of aromatic nitrogens is 2. The van der Waals surface area contributed by atoms with E-state index in [0.717, 1.165) is 22.8 Å². The van der Waals surface area contributed by atoms with Crippen LogP contribution in [0.2, 0.25) is 10.0 Å². The van der Waals surface area contributed by atoms with Crippen LogP contribution in [-0.2, 0) is 11.5 Å². The van der Waals surface area contributed by atoms with Gasteiger partial charge in [0.25, 0.3) is 5.56 Å². The molecule has 1 heterocycles. The molecular formula is C14H14Cl2N2OS2. The van der Waals surface area contributed by atoms with E-state index in [-0.39, 0.29) is 5.56 Å². The lowest BCUT2D eigenvalue weighted by molar-refractivity contribution is 0.899. The summed E-state index contributed by atoms with van der Waals surface area (Å²) in [7, 11) is 0. The van der Waals surface area contributed by atoms with Crippen LogP contribution in [0.4, 0.5) is 0 Å². The number of rotatable bonds is 6. The first-order valence-corrected chi connectivity index (χ1v) is 9.23. The number of H-pyrrole nitrogens is 1. The maximum absolute atomic E-state index is 11.6. The Kier molecular flexibility index (Phi) is 6.48. The highest BCUT2D eigenvalue weighted by Crippen LogP contribution is 2.30. The molecule has 0 aliphatic rings. The number of thioether (sulfide) groups is 2. The Balaban J connectivity index is 2.13. The molecule has 2 rings (SSSR count). The van der Waals surface area contributed by atoms with Crippen molar-refractivity contribution in [1.29, 1.82) is 0 Å². The van der Waals surface area contributed by atoms with Crippen LogP contribution in [0.25, 0.3) is 0 Å². The highest BCUT2D eigenvalue weighted by Gasteiger charge is 2.08. The van der Waals surface area contributed by atoms with Gasteiger partial charge in [-0.2, -0.15) is 11.8 Å². The summed E-state index contributed by atoms with van der Waals surface area (Å²) in [6.45, 7) is 2.08. The van der Waals surface area contributed by atoms with Crippen molar-refractivity contribution < 1.29 is 0 Å². The molecule has 2 aromatic rings. The largest absolute Gasteiger partial charge is 0.301 e. The van der Waals surface area contributed by atoms with Crippen molar-refractivity contribution in [2.24, 2.45) is 0 Å². The van der Waals surface area contributed by atoms with Crippen LogP contribution in [0.5, 0.6) is 0 Å². The first-order valence-electron chi connectivity index (χ1n) is 6.34. The summed E-state index contributed by atoms with van der Waals surface area (Å²) in [4.78, 5) is 18.8. The number of hydrogen-bond donors (Lipinski definition) is 1. The summed E-state index contributed by atoms with van der Waals surface area (Å²) in [5, 5.41) is 1.83. The second-order valence-electron chi connectivity index (χ2n) is 4.17. The zero-order valence-electron chi connectivity index (χ0n) is 11.4. The van der Waals surface area contributed by atoms with Crippen molar-refractivity contribution in [1.82, 2.24) is 9.97 Å². The molecule has 0 aliphatic heterocycles. The predicted molar refractivity (Wildman–Crippen MR) is 92.7 cm³/mol. The molecule has 0 saturated heterocycles. The normalized spacial score (nSPS) is 10.8. The van der Waals surface area contributed by atoms with Gasteiger partial charge in [-0.15, -0.1) is 0 Å². The van der Waals surface area contributed by atoms with Crippen molar-refractivity contribution >= 4 is 46.7 Å². The minimum absolute atomic E-state index is 0.135. The van der Waals surface area contributed by atoms with Crippen molar-refractivity contribution in [2.75, 3.05) is 5.75 Å². The topological polar surface area (TPSA) is 45.8 Å². The molecule has 0 radical (unpaired) electrons. The highest BCUT2D eigenvalue weighted by atomic mass is 35.5. The van der Waals surface area contributed by atoms with Gasteiger partial charge < -0.3 is 4.98 Å². The van der Waals surface area contributed by atoms with E-state index >= 15 is 0 Å². The molecule has 0 fully saturated rings. The molecule has 0 amide bonds. The monoisotopic (exact) mass is 360 g/mol. The average molecular weight is 361 g/mol. The fourth-order valence-corrected chi connectivity index (χ4v) is 3.84. The molecule has 0 bridgehead atoms. The van der Waals surface area contributed by atoms with E-state index in [1.807, 2.05) is 6.07 Å². The fourth-order valence-electron chi connectivity index (χ4n) is 1.64. The van der Waals surface area contributed by atoms with Gasteiger partial charge in [-0.1, -0.05) is 48.0 Å². The van der Waals surface area contributed by atoms with Gasteiger partial charge in [0.1, 0.15) is 0 Å². The summed E-state index contributed by atoms with van der Waals surface area (Å²) in [5.74, 6) is 2.29. The highest BCUT2D eigenvalue weighted by molar-refractivity contribution is 7.98. The second kappa shape index (κ2) is 8.13. The first kappa shape index (κ1) is 16.7. The minimum atomic E-state index is -0.135. The molecule has 3 nitrogen and oxygen atoms in total. The van der Waals surface area contributed by atoms with E-state index in [2.05, 4.69) is 16.9 Å². The lowest BCUT2D eigenvalue weighted by Gasteiger charge is -2.07. The Hall–Kier alpha value is -0.620. The molecular weight excluding hydrogens is 347 g/mol. The SMILES string of the molecule is CCSCc1cc(=O)[nH]c(SCc2c(Cl)cccc2Cl)n1. The van der Waals surface area contributed by atoms with Gasteiger partial charge in [0, 0.05) is 27.6 Å². The Morgan fingerprint density at radius 1 is 1.24 bits per heavy atom. The van der Waals surface area contributed by atoms with Gasteiger partial charge in [0.15, 0.2) is 5.16 Å². The summed E-state index contributed by atoms with van der Waals surface area (Å²) in [5.41, 5.74) is 1.50. The molecule has 0 aliphatic carbocycles. The molecule has 0 spiro atoms. The standard InChI is InChI=1S/C14H14Cl2N2OS2/c1-2-20-7-9-6-13(19)18-14(17-9)21-8-10-11(15)4-3-5-12(10)16/h3-6H,2,7-8H2,1H3,(H,17,18,19). The Labute approximate surface area is 141 Å². The predicted octanol–water partition coefficient (Wildman–Crippen LogP) is 4.62. The van der Waals surface area contributed by atoms with Crippen LogP contribution in [0, 0.1) is 0 Å². The van der Waals surface area contributed by atoms with Gasteiger partial charge in [-0.3, -0.25) is 4.79 Å². The number of aromatic amines is 1. The summed E-state index contributed by atoms with van der Waals surface area (Å²) >= 11 is 15.4. The van der Waals surface area contributed by atoms with E-state index in [1.54, 1.807) is 23.9 Å². The zero-order chi connectivity index (χ0) is 15.2. The molecule has 1 aromatic carbocycles. The maximum Gasteiger partial charge on any atom is 0.251 e. The van der Waals surface area contributed by atoms with Gasteiger partial charge in [0.05, 0.1) is 5.69 Å². The van der Waals surface area contributed by atoms with Crippen LogP contribution >= 0.6 is 46.7 Å². The lowest BCUT2D eigenvalue weighted by Crippen LogP contribution is -2.09. The molecule has 7 heteroatoms. The Morgan fingerprint density at radius 2 is 1.95 bits per heavy atom. The van der Waals surface area contributed by atoms with Crippen molar-refractivity contribution in [3.8, 4) is 0 Å². The molecule has 112 valence electrons. The van der Waals surface area contributed by atoms with Crippen LogP contribution in [-0.4, -0.2) is 15.7 Å². The summed E-state index contributed by atoms with van der Waals surface area (Å²) < 4.78 is 0. The maximum atomic E-state index is 11.6. The van der Waals surface area contributed by atoms with Gasteiger partial charge >= 0.3 is 0 Å². The zero-order valence-corrected chi connectivity index (χ0v) is 14.5. The van der Waals surface area contributed by atoms with E-state index in [1.165, 1.54) is 17.8 Å². The molecule has 0 saturated carbocycles. The lowest BCUT2D eigenvalue weighted by atomic mass is 10.2. The number of halogens is 2. The number of hydrogen-bond acceptors (Lipinski definition) is 4. The third-order valence-electron chi connectivity index (χ3n) is 2.64. The molecule has 0 atom stereocenters. The van der Waals surface area contributed by atoms with Gasteiger partial charge in [0.2, 0.25) is 0 Å². The van der Waals surface area contributed by atoms with Crippen molar-refractivity contribution in [3.63, 3.8) is 0 Å². The van der Waals surface area contributed by atoms with Gasteiger partial charge in [-0.05, 0) is 23.4 Å². The molecule has 21 heavy (non-hydrogen) atoms. The van der Waals surface area contributed by atoms with Crippen LogP contribution < -0.4 is 5.56 Å². The van der Waals surface area contributed by atoms with Crippen LogP contribution in [0.15, 0.2) is 34.2 Å². The third-order valence-corrected chi connectivity index (χ3v) is 5.16. The first-order chi connectivity index (χ1) is 10.1. The van der Waals surface area contributed by atoms with Gasteiger partial charge in [-0.25, -0.2) is 4.98 Å². The number of nitrogens with zero attached hydrogens (tertiary/aromatic N) is 1. The minimum Gasteiger partial charge on any atom is -0.301 e. The second-order valence-corrected chi connectivity index (χ2v) is 7.22. The number of nitrogens with one attached hydrogen (secondary N) is 1. The quantitative estimate of drug-likeness (QED) is 0.602. The molecule has 0 unspecified atom stereocenters. The van der Waals surface area contributed by atoms with E-state index in [9.17, 15) is 4.79 Å². The van der Waals surface area contributed by atoms with Crippen LogP contribution in [0.3, 0.4) is 0 Å². The van der Waals surface area contributed by atoms with Crippen molar-refractivity contribution in [2.45, 2.75) is 23.6 Å². The Morgan fingerprint density at radius 3 is 2.62 bits per heavy atom. The van der Waals surface area contributed by atoms with E-state index in [4.69, 9.17) is 23.2 Å².